The van der Waals surface area contributed by atoms with Crippen LogP contribution in [-0.2, 0) is 0 Å². The Morgan fingerprint density at radius 1 is 1.47 bits per heavy atom. The second-order valence-corrected chi connectivity index (χ2v) is 5.41. The second kappa shape index (κ2) is 5.52. The van der Waals surface area contributed by atoms with Crippen LogP contribution in [-0.4, -0.2) is 30.1 Å². The molecule has 0 bridgehead atoms. The summed E-state index contributed by atoms with van der Waals surface area (Å²) in [5, 5.41) is 6.22. The van der Waals surface area contributed by atoms with Crippen LogP contribution in [0.15, 0.2) is 24.3 Å². The van der Waals surface area contributed by atoms with Crippen LogP contribution < -0.4 is 21.5 Å². The largest absolute Gasteiger partial charge is 0.336 e. The molecule has 1 fully saturated rings. The topological polar surface area (TPSA) is 78.1 Å². The summed E-state index contributed by atoms with van der Waals surface area (Å²) in [5.74, 6) is 0. The zero-order chi connectivity index (χ0) is 13.1. The van der Waals surface area contributed by atoms with Crippen molar-refractivity contribution in [2.75, 3.05) is 18.4 Å². The molecular weight excluding hydrogens is 262 g/mol. The van der Waals surface area contributed by atoms with Crippen molar-refractivity contribution >= 4 is 32.7 Å². The lowest BCUT2D eigenvalue weighted by Gasteiger charge is -2.10. The van der Waals surface area contributed by atoms with Crippen molar-refractivity contribution in [3.63, 3.8) is 0 Å². The van der Waals surface area contributed by atoms with Gasteiger partial charge in [-0.1, -0.05) is 23.5 Å². The Labute approximate surface area is 114 Å². The van der Waals surface area contributed by atoms with Gasteiger partial charge in [-0.3, -0.25) is 16.2 Å². The van der Waals surface area contributed by atoms with Crippen LogP contribution in [0.4, 0.5) is 9.93 Å². The van der Waals surface area contributed by atoms with Gasteiger partial charge in [0.15, 0.2) is 5.13 Å². The molecule has 0 radical (unpaired) electrons. The van der Waals surface area contributed by atoms with Gasteiger partial charge < -0.3 is 5.32 Å². The standard InChI is InChI=1S/C12H15N5OS/c18-11(13-7-8-5-6-14-17-8)16-12-15-9-3-1-2-4-10(9)19-12/h1-4,8,14,17H,5-7H2,(H2,13,15,16,18). The highest BCUT2D eigenvalue weighted by Gasteiger charge is 2.14. The Balaban J connectivity index is 1.56. The van der Waals surface area contributed by atoms with Crippen molar-refractivity contribution in [2.24, 2.45) is 0 Å². The lowest BCUT2D eigenvalue weighted by atomic mass is 10.2. The number of nitrogens with zero attached hydrogens (tertiary/aromatic N) is 1. The molecule has 1 saturated heterocycles. The first-order chi connectivity index (χ1) is 9.31. The van der Waals surface area contributed by atoms with Gasteiger partial charge in [0.2, 0.25) is 0 Å². The number of hydrogen-bond donors (Lipinski definition) is 4. The molecule has 3 rings (SSSR count). The molecule has 1 aromatic carbocycles. The zero-order valence-electron chi connectivity index (χ0n) is 10.3. The van der Waals surface area contributed by atoms with Crippen LogP contribution in [0.25, 0.3) is 10.2 Å². The highest BCUT2D eigenvalue weighted by atomic mass is 32.1. The van der Waals surface area contributed by atoms with E-state index in [4.69, 9.17) is 0 Å². The average molecular weight is 277 g/mol. The molecule has 19 heavy (non-hydrogen) atoms. The average Bonchev–Trinajstić information content (AvgIpc) is 3.04. The molecule has 1 aromatic heterocycles. The molecule has 7 heteroatoms. The van der Waals surface area contributed by atoms with Gasteiger partial charge in [0, 0.05) is 19.1 Å². The summed E-state index contributed by atoms with van der Waals surface area (Å²) in [4.78, 5) is 16.1. The van der Waals surface area contributed by atoms with E-state index in [0.717, 1.165) is 23.2 Å². The molecule has 100 valence electrons. The summed E-state index contributed by atoms with van der Waals surface area (Å²) in [5.41, 5.74) is 7.03. The molecule has 0 saturated carbocycles. The van der Waals surface area contributed by atoms with Crippen molar-refractivity contribution in [1.29, 1.82) is 0 Å². The number of urea groups is 1. The van der Waals surface area contributed by atoms with E-state index in [9.17, 15) is 4.79 Å². The van der Waals surface area contributed by atoms with Crippen molar-refractivity contribution in [3.05, 3.63) is 24.3 Å². The molecule has 2 aromatic rings. The van der Waals surface area contributed by atoms with Crippen molar-refractivity contribution in [2.45, 2.75) is 12.5 Å². The molecule has 1 unspecified atom stereocenters. The number of carbonyl (C=O) groups excluding carboxylic acids is 1. The number of benzene rings is 1. The number of carbonyl (C=O) groups is 1. The number of rotatable bonds is 3. The number of amides is 2. The van der Waals surface area contributed by atoms with Crippen LogP contribution in [0.2, 0.25) is 0 Å². The van der Waals surface area contributed by atoms with E-state index < -0.39 is 0 Å². The van der Waals surface area contributed by atoms with Gasteiger partial charge in [-0.2, -0.15) is 0 Å². The Kier molecular flexibility index (Phi) is 3.58. The highest BCUT2D eigenvalue weighted by molar-refractivity contribution is 7.22. The first kappa shape index (κ1) is 12.3. The number of hydrazine groups is 1. The van der Waals surface area contributed by atoms with Crippen molar-refractivity contribution in [1.82, 2.24) is 21.2 Å². The van der Waals surface area contributed by atoms with Crippen LogP contribution in [0, 0.1) is 0 Å². The molecule has 0 spiro atoms. The fourth-order valence-electron chi connectivity index (χ4n) is 1.97. The van der Waals surface area contributed by atoms with Gasteiger partial charge in [0.1, 0.15) is 0 Å². The monoisotopic (exact) mass is 277 g/mol. The normalized spacial score (nSPS) is 18.6. The molecule has 1 aliphatic heterocycles. The highest BCUT2D eigenvalue weighted by Crippen LogP contribution is 2.25. The number of anilines is 1. The molecule has 2 heterocycles. The number of thiazole rings is 1. The molecule has 1 atom stereocenters. The van der Waals surface area contributed by atoms with E-state index in [0.29, 0.717) is 17.7 Å². The molecule has 1 aliphatic rings. The van der Waals surface area contributed by atoms with Gasteiger partial charge in [-0.15, -0.1) is 0 Å². The summed E-state index contributed by atoms with van der Waals surface area (Å²) in [6.45, 7) is 1.54. The summed E-state index contributed by atoms with van der Waals surface area (Å²) >= 11 is 1.47. The Morgan fingerprint density at radius 3 is 3.16 bits per heavy atom. The minimum atomic E-state index is -0.215. The van der Waals surface area contributed by atoms with Gasteiger partial charge in [-0.05, 0) is 18.6 Å². The first-order valence-electron chi connectivity index (χ1n) is 6.20. The van der Waals surface area contributed by atoms with Crippen LogP contribution in [0.1, 0.15) is 6.42 Å². The molecular formula is C12H15N5OS. The fourth-order valence-corrected chi connectivity index (χ4v) is 2.83. The summed E-state index contributed by atoms with van der Waals surface area (Å²) in [6.07, 6.45) is 1.02. The molecule has 2 amide bonds. The van der Waals surface area contributed by atoms with Crippen molar-refractivity contribution in [3.8, 4) is 0 Å². The maximum atomic E-state index is 11.7. The van der Waals surface area contributed by atoms with E-state index >= 15 is 0 Å². The minimum Gasteiger partial charge on any atom is -0.336 e. The second-order valence-electron chi connectivity index (χ2n) is 4.38. The van der Waals surface area contributed by atoms with Gasteiger partial charge in [0.05, 0.1) is 10.2 Å². The quantitative estimate of drug-likeness (QED) is 0.681. The number of fused-ring (bicyclic) bond motifs is 1. The maximum Gasteiger partial charge on any atom is 0.321 e. The first-order valence-corrected chi connectivity index (χ1v) is 7.02. The van der Waals surface area contributed by atoms with Crippen LogP contribution in [0.5, 0.6) is 0 Å². The third-order valence-corrected chi connectivity index (χ3v) is 3.90. The Morgan fingerprint density at radius 2 is 2.37 bits per heavy atom. The summed E-state index contributed by atoms with van der Waals surface area (Å²) < 4.78 is 1.07. The number of para-hydroxylation sites is 1. The van der Waals surface area contributed by atoms with Crippen LogP contribution in [0.3, 0.4) is 0 Å². The maximum absolute atomic E-state index is 11.7. The fraction of sp³-hybridized carbons (Fsp3) is 0.333. The zero-order valence-corrected chi connectivity index (χ0v) is 11.1. The smallest absolute Gasteiger partial charge is 0.321 e. The lowest BCUT2D eigenvalue weighted by Crippen LogP contribution is -2.41. The van der Waals surface area contributed by atoms with E-state index in [-0.39, 0.29) is 6.03 Å². The lowest BCUT2D eigenvalue weighted by molar-refractivity contribution is 0.251. The van der Waals surface area contributed by atoms with Gasteiger partial charge in [0.25, 0.3) is 0 Å². The SMILES string of the molecule is O=C(NCC1CCNN1)Nc1nc2ccccc2s1. The molecule has 0 aliphatic carbocycles. The van der Waals surface area contributed by atoms with E-state index in [1.807, 2.05) is 24.3 Å². The molecule has 4 N–H and O–H groups in total. The predicted molar refractivity (Wildman–Crippen MR) is 76.2 cm³/mol. The van der Waals surface area contributed by atoms with E-state index in [1.165, 1.54) is 11.3 Å². The summed E-state index contributed by atoms with van der Waals surface area (Å²) in [7, 11) is 0. The Bertz CT molecular complexity index is 545. The van der Waals surface area contributed by atoms with Gasteiger partial charge in [-0.25, -0.2) is 9.78 Å². The van der Waals surface area contributed by atoms with Gasteiger partial charge >= 0.3 is 6.03 Å². The number of aromatic nitrogens is 1. The third-order valence-electron chi connectivity index (χ3n) is 2.95. The molecule has 6 nitrogen and oxygen atoms in total. The van der Waals surface area contributed by atoms with Crippen LogP contribution >= 0.6 is 11.3 Å². The van der Waals surface area contributed by atoms with Crippen molar-refractivity contribution < 1.29 is 4.79 Å². The third kappa shape index (κ3) is 3.01. The van der Waals surface area contributed by atoms with E-state index in [1.54, 1.807) is 0 Å². The Hall–Kier alpha value is -1.70. The summed E-state index contributed by atoms with van der Waals surface area (Å²) in [6, 6.07) is 7.90. The predicted octanol–water partition coefficient (Wildman–Crippen LogP) is 1.28. The number of nitrogens with one attached hydrogen (secondary N) is 4. The minimum absolute atomic E-state index is 0.215. The number of hydrogen-bond acceptors (Lipinski definition) is 5. The van der Waals surface area contributed by atoms with E-state index in [2.05, 4.69) is 26.5 Å².